The molecule has 2 heteroatoms. The van der Waals surface area contributed by atoms with Crippen molar-refractivity contribution in [1.29, 1.82) is 0 Å². The summed E-state index contributed by atoms with van der Waals surface area (Å²) >= 11 is 5.23. The Morgan fingerprint density at radius 3 is 3.07 bits per heavy atom. The van der Waals surface area contributed by atoms with Gasteiger partial charge >= 0.3 is 0 Å². The van der Waals surface area contributed by atoms with Crippen molar-refractivity contribution in [2.75, 3.05) is 5.33 Å². The normalized spacial score (nSPS) is 11.5. The van der Waals surface area contributed by atoms with Crippen molar-refractivity contribution < 1.29 is 0 Å². The SMILES string of the molecule is BrCC/C=C/c1cccc2ccsc12. The molecule has 2 rings (SSSR count). The second kappa shape index (κ2) is 4.76. The molecule has 0 saturated heterocycles. The molecule has 0 aliphatic heterocycles. The Morgan fingerprint density at radius 1 is 1.29 bits per heavy atom. The molecule has 2 aromatic rings. The fourth-order valence-electron chi connectivity index (χ4n) is 1.42. The van der Waals surface area contributed by atoms with E-state index < -0.39 is 0 Å². The third-order valence-electron chi connectivity index (χ3n) is 2.08. The van der Waals surface area contributed by atoms with Crippen LogP contribution in [-0.2, 0) is 0 Å². The lowest BCUT2D eigenvalue weighted by Gasteiger charge is -1.95. The zero-order chi connectivity index (χ0) is 9.80. The van der Waals surface area contributed by atoms with Gasteiger partial charge in [-0.1, -0.05) is 46.3 Å². The molecule has 0 bridgehead atoms. The minimum absolute atomic E-state index is 1.03. The van der Waals surface area contributed by atoms with Crippen molar-refractivity contribution in [3.05, 3.63) is 41.3 Å². The summed E-state index contributed by atoms with van der Waals surface area (Å²) < 4.78 is 1.39. The lowest BCUT2D eigenvalue weighted by Crippen LogP contribution is -1.72. The second-order valence-electron chi connectivity index (χ2n) is 3.07. The van der Waals surface area contributed by atoms with Gasteiger partial charge in [0.25, 0.3) is 0 Å². The van der Waals surface area contributed by atoms with Crippen LogP contribution in [0.4, 0.5) is 0 Å². The summed E-state index contributed by atoms with van der Waals surface area (Å²) in [5, 5.41) is 4.52. The molecule has 0 radical (unpaired) electrons. The number of alkyl halides is 1. The Bertz CT molecular complexity index is 442. The van der Waals surface area contributed by atoms with E-state index in [1.54, 1.807) is 0 Å². The highest BCUT2D eigenvalue weighted by atomic mass is 79.9. The molecule has 0 nitrogen and oxygen atoms in total. The third kappa shape index (κ3) is 2.07. The fourth-order valence-corrected chi connectivity index (χ4v) is 2.58. The van der Waals surface area contributed by atoms with Crippen LogP contribution in [0.5, 0.6) is 0 Å². The van der Waals surface area contributed by atoms with Gasteiger partial charge in [-0.3, -0.25) is 0 Å². The molecule has 1 aromatic heterocycles. The van der Waals surface area contributed by atoms with Gasteiger partial charge in [-0.15, -0.1) is 11.3 Å². The molecular weight excluding hydrogens is 256 g/mol. The van der Waals surface area contributed by atoms with Gasteiger partial charge in [0, 0.05) is 10.0 Å². The van der Waals surface area contributed by atoms with Crippen LogP contribution < -0.4 is 0 Å². The van der Waals surface area contributed by atoms with E-state index in [-0.39, 0.29) is 0 Å². The molecule has 0 spiro atoms. The summed E-state index contributed by atoms with van der Waals surface area (Å²) in [6.45, 7) is 0. The molecule has 0 aliphatic rings. The van der Waals surface area contributed by atoms with Crippen LogP contribution >= 0.6 is 27.3 Å². The predicted molar refractivity (Wildman–Crippen MR) is 69.3 cm³/mol. The summed E-state index contributed by atoms with van der Waals surface area (Å²) in [5.74, 6) is 0. The number of thiophene rings is 1. The number of rotatable bonds is 3. The van der Waals surface area contributed by atoms with E-state index in [2.05, 4.69) is 57.7 Å². The van der Waals surface area contributed by atoms with Crippen molar-refractivity contribution in [3.8, 4) is 0 Å². The number of allylic oxidation sites excluding steroid dienone is 1. The number of benzene rings is 1. The van der Waals surface area contributed by atoms with Crippen LogP contribution in [0.1, 0.15) is 12.0 Å². The molecule has 0 fully saturated rings. The van der Waals surface area contributed by atoms with Crippen LogP contribution in [0.2, 0.25) is 0 Å². The number of hydrogen-bond acceptors (Lipinski definition) is 1. The Labute approximate surface area is 96.4 Å². The van der Waals surface area contributed by atoms with Gasteiger partial charge in [0.15, 0.2) is 0 Å². The molecule has 0 atom stereocenters. The summed E-state index contributed by atoms with van der Waals surface area (Å²) in [7, 11) is 0. The molecule has 0 saturated carbocycles. The summed E-state index contributed by atoms with van der Waals surface area (Å²) in [5.41, 5.74) is 1.33. The molecule has 72 valence electrons. The van der Waals surface area contributed by atoms with Gasteiger partial charge in [0.2, 0.25) is 0 Å². The summed E-state index contributed by atoms with van der Waals surface area (Å²) in [6, 6.07) is 8.61. The summed E-state index contributed by atoms with van der Waals surface area (Å²) in [4.78, 5) is 0. The first-order chi connectivity index (χ1) is 6.92. The average Bonchev–Trinajstić information content (AvgIpc) is 2.67. The molecule has 0 unspecified atom stereocenters. The quantitative estimate of drug-likeness (QED) is 0.707. The van der Waals surface area contributed by atoms with Gasteiger partial charge in [0.05, 0.1) is 0 Å². The molecule has 0 N–H and O–H groups in total. The van der Waals surface area contributed by atoms with Crippen molar-refractivity contribution in [1.82, 2.24) is 0 Å². The zero-order valence-electron chi connectivity index (χ0n) is 7.74. The van der Waals surface area contributed by atoms with E-state index >= 15 is 0 Å². The highest BCUT2D eigenvalue weighted by Gasteiger charge is 1.97. The van der Waals surface area contributed by atoms with Crippen LogP contribution in [0, 0.1) is 0 Å². The molecular formula is C12H11BrS. The maximum Gasteiger partial charge on any atom is 0.0414 e. The van der Waals surface area contributed by atoms with Crippen LogP contribution in [0.15, 0.2) is 35.7 Å². The lowest BCUT2D eigenvalue weighted by molar-refractivity contribution is 1.27. The van der Waals surface area contributed by atoms with E-state index in [1.807, 2.05) is 11.3 Å². The molecule has 0 amide bonds. The van der Waals surface area contributed by atoms with E-state index in [4.69, 9.17) is 0 Å². The maximum atomic E-state index is 3.42. The van der Waals surface area contributed by atoms with Gasteiger partial charge in [-0.2, -0.15) is 0 Å². The van der Waals surface area contributed by atoms with E-state index in [0.29, 0.717) is 0 Å². The fraction of sp³-hybridized carbons (Fsp3) is 0.167. The minimum atomic E-state index is 1.03. The number of fused-ring (bicyclic) bond motifs is 1. The van der Waals surface area contributed by atoms with Crippen molar-refractivity contribution >= 4 is 43.4 Å². The number of hydrogen-bond donors (Lipinski definition) is 0. The average molecular weight is 267 g/mol. The minimum Gasteiger partial charge on any atom is -0.143 e. The zero-order valence-corrected chi connectivity index (χ0v) is 10.1. The first kappa shape index (κ1) is 9.94. The third-order valence-corrected chi connectivity index (χ3v) is 3.52. The van der Waals surface area contributed by atoms with Crippen LogP contribution in [0.25, 0.3) is 16.2 Å². The largest absolute Gasteiger partial charge is 0.143 e. The summed E-state index contributed by atoms with van der Waals surface area (Å²) in [6.07, 6.45) is 5.51. The van der Waals surface area contributed by atoms with Gasteiger partial charge in [-0.05, 0) is 28.8 Å². The standard InChI is InChI=1S/C12H11BrS/c13-8-2-1-4-10-5-3-6-11-7-9-14-12(10)11/h1,3-7,9H,2,8H2/b4-1+. The van der Waals surface area contributed by atoms with Crippen molar-refractivity contribution in [3.63, 3.8) is 0 Å². The molecule has 0 aliphatic carbocycles. The highest BCUT2D eigenvalue weighted by Crippen LogP contribution is 2.25. The first-order valence-electron chi connectivity index (χ1n) is 4.60. The number of halogens is 1. The monoisotopic (exact) mass is 266 g/mol. The Hall–Kier alpha value is -0.600. The lowest BCUT2D eigenvalue weighted by atomic mass is 10.1. The Balaban J connectivity index is 2.36. The van der Waals surface area contributed by atoms with Crippen LogP contribution in [-0.4, -0.2) is 5.33 Å². The Kier molecular flexibility index (Phi) is 3.38. The van der Waals surface area contributed by atoms with Gasteiger partial charge in [0.1, 0.15) is 0 Å². The maximum absolute atomic E-state index is 3.42. The Morgan fingerprint density at radius 2 is 2.21 bits per heavy atom. The molecule has 1 heterocycles. The first-order valence-corrected chi connectivity index (χ1v) is 6.60. The van der Waals surface area contributed by atoms with Crippen molar-refractivity contribution in [2.24, 2.45) is 0 Å². The van der Waals surface area contributed by atoms with Crippen molar-refractivity contribution in [2.45, 2.75) is 6.42 Å². The van der Waals surface area contributed by atoms with E-state index in [0.717, 1.165) is 11.8 Å². The second-order valence-corrected chi connectivity index (χ2v) is 4.78. The molecule has 14 heavy (non-hydrogen) atoms. The highest BCUT2D eigenvalue weighted by molar-refractivity contribution is 9.09. The molecule has 1 aromatic carbocycles. The van der Waals surface area contributed by atoms with E-state index in [9.17, 15) is 0 Å². The van der Waals surface area contributed by atoms with E-state index in [1.165, 1.54) is 15.6 Å². The van der Waals surface area contributed by atoms with Gasteiger partial charge < -0.3 is 0 Å². The van der Waals surface area contributed by atoms with Gasteiger partial charge in [-0.25, -0.2) is 0 Å². The smallest absolute Gasteiger partial charge is 0.0414 e. The topological polar surface area (TPSA) is 0 Å². The predicted octanol–water partition coefficient (Wildman–Crippen LogP) is 4.70. The van der Waals surface area contributed by atoms with Crippen LogP contribution in [0.3, 0.4) is 0 Å².